The number of amides is 1. The van der Waals surface area contributed by atoms with Gasteiger partial charge >= 0.3 is 0 Å². The van der Waals surface area contributed by atoms with Gasteiger partial charge in [-0.05, 0) is 73.1 Å². The molecule has 2 rings (SSSR count). The summed E-state index contributed by atoms with van der Waals surface area (Å²) in [5.74, 6) is -0.0276. The first kappa shape index (κ1) is 14.1. The Balaban J connectivity index is 1.99. The summed E-state index contributed by atoms with van der Waals surface area (Å²) in [7, 11) is 0. The summed E-state index contributed by atoms with van der Waals surface area (Å²) in [4.78, 5) is 12.1. The minimum absolute atomic E-state index is 0.0276. The maximum Gasteiger partial charge on any atom is 0.251 e. The van der Waals surface area contributed by atoms with Gasteiger partial charge in [-0.3, -0.25) is 4.79 Å². The van der Waals surface area contributed by atoms with Crippen molar-refractivity contribution in [3.63, 3.8) is 0 Å². The van der Waals surface area contributed by atoms with Crippen molar-refractivity contribution in [2.45, 2.75) is 25.3 Å². The highest BCUT2D eigenvalue weighted by molar-refractivity contribution is 14.1. The van der Waals surface area contributed by atoms with Crippen LogP contribution in [0.2, 0.25) is 5.02 Å². The third-order valence-corrected chi connectivity index (χ3v) is 4.66. The molecule has 1 fully saturated rings. The summed E-state index contributed by atoms with van der Waals surface area (Å²) in [6.07, 6.45) is 3.14. The molecule has 1 saturated heterocycles. The molecule has 1 atom stereocenters. The van der Waals surface area contributed by atoms with E-state index in [2.05, 4.69) is 33.2 Å². The van der Waals surface area contributed by atoms with Gasteiger partial charge in [-0.1, -0.05) is 11.6 Å². The van der Waals surface area contributed by atoms with Crippen LogP contribution in [0.25, 0.3) is 0 Å². The summed E-state index contributed by atoms with van der Waals surface area (Å²) in [6, 6.07) is 5.68. The van der Waals surface area contributed by atoms with Gasteiger partial charge in [-0.15, -0.1) is 0 Å². The Morgan fingerprint density at radius 3 is 3.00 bits per heavy atom. The number of carbonyl (C=O) groups is 1. The molecular weight excluding hydrogens is 363 g/mol. The van der Waals surface area contributed by atoms with Crippen molar-refractivity contribution in [2.75, 3.05) is 13.1 Å². The van der Waals surface area contributed by atoms with Crippen molar-refractivity contribution in [3.05, 3.63) is 32.4 Å². The standard InChI is InChI=1S/C13H16ClIN2O/c14-11-8-9(3-4-12(11)15)13(18)17-10-2-1-6-16-7-5-10/h3-4,8,10,16H,1-2,5-7H2,(H,17,18). The van der Waals surface area contributed by atoms with E-state index >= 15 is 0 Å². The molecule has 1 unspecified atom stereocenters. The van der Waals surface area contributed by atoms with Gasteiger partial charge < -0.3 is 10.6 Å². The van der Waals surface area contributed by atoms with Gasteiger partial charge in [0.15, 0.2) is 0 Å². The number of hydrogen-bond donors (Lipinski definition) is 2. The molecule has 1 aliphatic rings. The number of carbonyl (C=O) groups excluding carboxylic acids is 1. The van der Waals surface area contributed by atoms with Crippen molar-refractivity contribution >= 4 is 40.1 Å². The first-order valence-corrected chi connectivity index (χ1v) is 7.59. The van der Waals surface area contributed by atoms with E-state index in [-0.39, 0.29) is 11.9 Å². The minimum Gasteiger partial charge on any atom is -0.349 e. The molecule has 5 heteroatoms. The smallest absolute Gasteiger partial charge is 0.251 e. The summed E-state index contributed by atoms with van der Waals surface area (Å²) >= 11 is 8.18. The summed E-state index contributed by atoms with van der Waals surface area (Å²) in [6.45, 7) is 2.01. The Hall–Kier alpha value is -0.330. The fourth-order valence-electron chi connectivity index (χ4n) is 2.07. The van der Waals surface area contributed by atoms with E-state index in [0.29, 0.717) is 10.6 Å². The molecule has 1 amide bonds. The molecular formula is C13H16ClIN2O. The van der Waals surface area contributed by atoms with Crippen molar-refractivity contribution < 1.29 is 4.79 Å². The van der Waals surface area contributed by atoms with E-state index in [1.807, 2.05) is 12.1 Å². The fourth-order valence-corrected chi connectivity index (χ4v) is 2.59. The van der Waals surface area contributed by atoms with Crippen LogP contribution in [-0.4, -0.2) is 25.0 Å². The summed E-state index contributed by atoms with van der Waals surface area (Å²) in [5.41, 5.74) is 0.637. The highest BCUT2D eigenvalue weighted by Gasteiger charge is 2.15. The fraction of sp³-hybridized carbons (Fsp3) is 0.462. The quantitative estimate of drug-likeness (QED) is 0.777. The van der Waals surface area contributed by atoms with Crippen LogP contribution in [-0.2, 0) is 0 Å². The predicted molar refractivity (Wildman–Crippen MR) is 82.1 cm³/mol. The molecule has 1 aliphatic heterocycles. The van der Waals surface area contributed by atoms with Crippen LogP contribution in [0.4, 0.5) is 0 Å². The zero-order valence-electron chi connectivity index (χ0n) is 10.0. The Labute approximate surface area is 126 Å². The first-order valence-electron chi connectivity index (χ1n) is 6.13. The lowest BCUT2D eigenvalue weighted by Gasteiger charge is -2.16. The van der Waals surface area contributed by atoms with Crippen molar-refractivity contribution in [1.82, 2.24) is 10.6 Å². The minimum atomic E-state index is -0.0276. The molecule has 18 heavy (non-hydrogen) atoms. The molecule has 0 saturated carbocycles. The lowest BCUT2D eigenvalue weighted by Crippen LogP contribution is -2.35. The molecule has 1 aromatic rings. The van der Waals surface area contributed by atoms with Gasteiger partial charge in [0.1, 0.15) is 0 Å². The molecule has 3 nitrogen and oxygen atoms in total. The Bertz CT molecular complexity index is 431. The third-order valence-electron chi connectivity index (χ3n) is 3.09. The maximum absolute atomic E-state index is 12.1. The molecule has 0 aromatic heterocycles. The summed E-state index contributed by atoms with van der Waals surface area (Å²) < 4.78 is 0.962. The van der Waals surface area contributed by atoms with Crippen LogP contribution in [0.15, 0.2) is 18.2 Å². The number of hydrogen-bond acceptors (Lipinski definition) is 2. The lowest BCUT2D eigenvalue weighted by molar-refractivity contribution is 0.0934. The van der Waals surface area contributed by atoms with Gasteiger partial charge in [0.2, 0.25) is 0 Å². The Morgan fingerprint density at radius 2 is 2.22 bits per heavy atom. The van der Waals surface area contributed by atoms with Crippen LogP contribution >= 0.6 is 34.2 Å². The second-order valence-corrected chi connectivity index (χ2v) is 6.05. The Morgan fingerprint density at radius 1 is 1.39 bits per heavy atom. The number of rotatable bonds is 2. The zero-order valence-corrected chi connectivity index (χ0v) is 12.9. The second-order valence-electron chi connectivity index (χ2n) is 4.48. The first-order chi connectivity index (χ1) is 8.66. The second kappa shape index (κ2) is 6.73. The van der Waals surface area contributed by atoms with Gasteiger partial charge in [0, 0.05) is 15.2 Å². The third kappa shape index (κ3) is 3.83. The average Bonchev–Trinajstić information content (AvgIpc) is 2.61. The monoisotopic (exact) mass is 378 g/mol. The van der Waals surface area contributed by atoms with Crippen LogP contribution < -0.4 is 10.6 Å². The van der Waals surface area contributed by atoms with Crippen LogP contribution in [0.5, 0.6) is 0 Å². The molecule has 98 valence electrons. The van der Waals surface area contributed by atoms with Crippen molar-refractivity contribution in [1.29, 1.82) is 0 Å². The molecule has 0 spiro atoms. The van der Waals surface area contributed by atoms with E-state index in [4.69, 9.17) is 11.6 Å². The van der Waals surface area contributed by atoms with E-state index in [0.717, 1.165) is 35.9 Å². The van der Waals surface area contributed by atoms with Crippen molar-refractivity contribution in [3.8, 4) is 0 Å². The number of nitrogens with one attached hydrogen (secondary N) is 2. The molecule has 1 aromatic carbocycles. The highest BCUT2D eigenvalue weighted by atomic mass is 127. The van der Waals surface area contributed by atoms with Crippen LogP contribution in [0.1, 0.15) is 29.6 Å². The summed E-state index contributed by atoms with van der Waals surface area (Å²) in [5, 5.41) is 7.05. The number of benzene rings is 1. The number of halogens is 2. The van der Waals surface area contributed by atoms with Gasteiger partial charge in [-0.25, -0.2) is 0 Å². The lowest BCUT2D eigenvalue weighted by atomic mass is 10.1. The van der Waals surface area contributed by atoms with Crippen LogP contribution in [0.3, 0.4) is 0 Å². The van der Waals surface area contributed by atoms with E-state index in [1.54, 1.807) is 6.07 Å². The van der Waals surface area contributed by atoms with Crippen LogP contribution in [0, 0.1) is 3.57 Å². The van der Waals surface area contributed by atoms with Gasteiger partial charge in [-0.2, -0.15) is 0 Å². The van der Waals surface area contributed by atoms with Gasteiger partial charge in [0.25, 0.3) is 5.91 Å². The Kier molecular flexibility index (Phi) is 5.26. The predicted octanol–water partition coefficient (Wildman–Crippen LogP) is 2.82. The largest absolute Gasteiger partial charge is 0.349 e. The maximum atomic E-state index is 12.1. The molecule has 2 N–H and O–H groups in total. The molecule has 0 aliphatic carbocycles. The van der Waals surface area contributed by atoms with E-state index < -0.39 is 0 Å². The van der Waals surface area contributed by atoms with E-state index in [9.17, 15) is 4.79 Å². The average molecular weight is 379 g/mol. The van der Waals surface area contributed by atoms with Crippen molar-refractivity contribution in [2.24, 2.45) is 0 Å². The normalized spacial score (nSPS) is 20.2. The van der Waals surface area contributed by atoms with Gasteiger partial charge in [0.05, 0.1) is 5.02 Å². The molecule has 0 bridgehead atoms. The topological polar surface area (TPSA) is 41.1 Å². The molecule has 1 heterocycles. The molecule has 0 radical (unpaired) electrons. The highest BCUT2D eigenvalue weighted by Crippen LogP contribution is 2.19. The van der Waals surface area contributed by atoms with E-state index in [1.165, 1.54) is 0 Å². The zero-order chi connectivity index (χ0) is 13.0. The SMILES string of the molecule is O=C(NC1CCCNCC1)c1ccc(I)c(Cl)c1.